The van der Waals surface area contributed by atoms with Crippen LogP contribution in [-0.2, 0) is 0 Å². The van der Waals surface area contributed by atoms with Crippen LogP contribution in [0.2, 0.25) is 10.0 Å². The third kappa shape index (κ3) is 3.55. The first-order valence-electron chi connectivity index (χ1n) is 6.30. The van der Waals surface area contributed by atoms with Gasteiger partial charge in [0.25, 0.3) is 5.91 Å². The number of hydrogen-bond donors (Lipinski definition) is 1. The minimum Gasteiger partial charge on any atom is -0.397 e. The quantitative estimate of drug-likeness (QED) is 0.785. The first kappa shape index (κ1) is 16.2. The lowest BCUT2D eigenvalue weighted by atomic mass is 9.97. The smallest absolute Gasteiger partial charge is 0.393 e. The molecular formula is C13H13Cl2F3N2O. The molecule has 21 heavy (non-hydrogen) atoms. The number of halogens is 5. The molecule has 0 aromatic heterocycles. The number of carbonyl (C=O) groups is 1. The second-order valence-electron chi connectivity index (χ2n) is 4.99. The number of rotatable bonds is 1. The van der Waals surface area contributed by atoms with Crippen molar-refractivity contribution >= 4 is 34.8 Å². The van der Waals surface area contributed by atoms with Gasteiger partial charge in [0.15, 0.2) is 0 Å². The Hall–Kier alpha value is -1.14. The van der Waals surface area contributed by atoms with Gasteiger partial charge in [0.2, 0.25) is 0 Å². The Balaban J connectivity index is 2.20. The number of nitrogens with two attached hydrogens (primary N) is 1. The molecule has 0 radical (unpaired) electrons. The van der Waals surface area contributed by atoms with Crippen molar-refractivity contribution in [3.8, 4) is 0 Å². The van der Waals surface area contributed by atoms with E-state index in [0.29, 0.717) is 6.42 Å². The highest BCUT2D eigenvalue weighted by molar-refractivity contribution is 6.43. The van der Waals surface area contributed by atoms with Crippen LogP contribution < -0.4 is 5.73 Å². The Morgan fingerprint density at radius 1 is 1.33 bits per heavy atom. The molecule has 3 nitrogen and oxygen atoms in total. The van der Waals surface area contributed by atoms with Crippen LogP contribution >= 0.6 is 23.2 Å². The molecule has 116 valence electrons. The number of amides is 1. The number of nitrogens with zero attached hydrogens (tertiary/aromatic N) is 1. The topological polar surface area (TPSA) is 46.3 Å². The molecule has 1 unspecified atom stereocenters. The van der Waals surface area contributed by atoms with Crippen LogP contribution in [0.4, 0.5) is 18.9 Å². The maximum atomic E-state index is 12.8. The molecular weight excluding hydrogens is 328 g/mol. The zero-order valence-electron chi connectivity index (χ0n) is 10.9. The Kier molecular flexibility index (Phi) is 4.58. The summed E-state index contributed by atoms with van der Waals surface area (Å²) in [5.41, 5.74) is 5.88. The zero-order chi connectivity index (χ0) is 15.8. The standard InChI is InChI=1S/C13H13Cl2F3N2O/c14-9-4-7(5-10(19)11(9)15)12(21)20-3-1-2-8(6-20)13(16,17)18/h4-5,8H,1-3,6,19H2. The van der Waals surface area contributed by atoms with E-state index < -0.39 is 18.0 Å². The van der Waals surface area contributed by atoms with E-state index in [9.17, 15) is 18.0 Å². The summed E-state index contributed by atoms with van der Waals surface area (Å²) in [4.78, 5) is 13.5. The Labute approximate surface area is 129 Å². The van der Waals surface area contributed by atoms with Crippen molar-refractivity contribution in [2.24, 2.45) is 5.92 Å². The van der Waals surface area contributed by atoms with E-state index in [1.807, 2.05) is 0 Å². The molecule has 1 saturated heterocycles. The Morgan fingerprint density at radius 3 is 2.57 bits per heavy atom. The number of likely N-dealkylation sites (tertiary alicyclic amines) is 1. The largest absolute Gasteiger partial charge is 0.397 e. The van der Waals surface area contributed by atoms with Crippen molar-refractivity contribution in [2.45, 2.75) is 19.0 Å². The van der Waals surface area contributed by atoms with E-state index in [-0.39, 0.29) is 40.8 Å². The third-order valence-corrected chi connectivity index (χ3v) is 4.29. The zero-order valence-corrected chi connectivity index (χ0v) is 12.4. The van der Waals surface area contributed by atoms with Crippen LogP contribution in [-0.4, -0.2) is 30.1 Å². The van der Waals surface area contributed by atoms with Crippen LogP contribution in [0.3, 0.4) is 0 Å². The van der Waals surface area contributed by atoms with E-state index >= 15 is 0 Å². The van der Waals surface area contributed by atoms with Gasteiger partial charge in [0, 0.05) is 18.7 Å². The van der Waals surface area contributed by atoms with Gasteiger partial charge in [-0.3, -0.25) is 4.79 Å². The second kappa shape index (κ2) is 5.93. The number of piperidine rings is 1. The summed E-state index contributed by atoms with van der Waals surface area (Å²) < 4.78 is 38.3. The first-order chi connectivity index (χ1) is 9.70. The molecule has 8 heteroatoms. The number of alkyl halides is 3. The summed E-state index contributed by atoms with van der Waals surface area (Å²) in [5.74, 6) is -2.01. The molecule has 2 rings (SSSR count). The van der Waals surface area contributed by atoms with Crippen molar-refractivity contribution < 1.29 is 18.0 Å². The van der Waals surface area contributed by atoms with Gasteiger partial charge in [-0.1, -0.05) is 23.2 Å². The maximum Gasteiger partial charge on any atom is 0.393 e. The van der Waals surface area contributed by atoms with E-state index in [2.05, 4.69) is 0 Å². The van der Waals surface area contributed by atoms with Crippen LogP contribution in [0.15, 0.2) is 12.1 Å². The summed E-state index contributed by atoms with van der Waals surface area (Å²) in [6, 6.07) is 2.65. The molecule has 1 amide bonds. The molecule has 1 aromatic rings. The molecule has 0 spiro atoms. The van der Waals surface area contributed by atoms with E-state index in [0.717, 1.165) is 0 Å². The predicted molar refractivity (Wildman–Crippen MR) is 75.6 cm³/mol. The average molecular weight is 341 g/mol. The molecule has 1 aliphatic heterocycles. The molecule has 2 N–H and O–H groups in total. The van der Waals surface area contributed by atoms with Gasteiger partial charge in [-0.2, -0.15) is 13.2 Å². The monoisotopic (exact) mass is 340 g/mol. The fraction of sp³-hybridized carbons (Fsp3) is 0.462. The highest BCUT2D eigenvalue weighted by Crippen LogP contribution is 2.34. The van der Waals surface area contributed by atoms with Gasteiger partial charge in [-0.05, 0) is 25.0 Å². The van der Waals surface area contributed by atoms with Gasteiger partial charge in [-0.25, -0.2) is 0 Å². The van der Waals surface area contributed by atoms with Crippen molar-refractivity contribution in [1.82, 2.24) is 4.90 Å². The normalized spacial score (nSPS) is 19.7. The lowest BCUT2D eigenvalue weighted by Gasteiger charge is -2.33. The van der Waals surface area contributed by atoms with Crippen LogP contribution in [0.25, 0.3) is 0 Å². The number of anilines is 1. The maximum absolute atomic E-state index is 12.8. The summed E-state index contributed by atoms with van der Waals surface area (Å²) in [5, 5.41) is 0.226. The van der Waals surface area contributed by atoms with Crippen LogP contribution in [0, 0.1) is 5.92 Å². The van der Waals surface area contributed by atoms with Crippen LogP contribution in [0.5, 0.6) is 0 Å². The van der Waals surface area contributed by atoms with Crippen molar-refractivity contribution in [3.63, 3.8) is 0 Å². The van der Waals surface area contributed by atoms with Crippen molar-refractivity contribution in [3.05, 3.63) is 27.7 Å². The molecule has 0 aliphatic carbocycles. The van der Waals surface area contributed by atoms with Crippen molar-refractivity contribution in [2.75, 3.05) is 18.8 Å². The summed E-state index contributed by atoms with van der Waals surface area (Å²) in [6.45, 7) is -0.0615. The summed E-state index contributed by atoms with van der Waals surface area (Å²) >= 11 is 11.6. The lowest BCUT2D eigenvalue weighted by molar-refractivity contribution is -0.184. The van der Waals surface area contributed by atoms with Gasteiger partial charge < -0.3 is 10.6 Å². The van der Waals surface area contributed by atoms with E-state index in [1.165, 1.54) is 17.0 Å². The van der Waals surface area contributed by atoms with E-state index in [1.54, 1.807) is 0 Å². The molecule has 1 aliphatic rings. The van der Waals surface area contributed by atoms with Crippen molar-refractivity contribution in [1.29, 1.82) is 0 Å². The molecule has 1 heterocycles. The van der Waals surface area contributed by atoms with Gasteiger partial charge >= 0.3 is 6.18 Å². The SMILES string of the molecule is Nc1cc(C(=O)N2CCCC(C(F)(F)F)C2)cc(Cl)c1Cl. The Bertz CT molecular complexity index is 540. The number of hydrogen-bond acceptors (Lipinski definition) is 2. The first-order valence-corrected chi connectivity index (χ1v) is 7.06. The predicted octanol–water partition coefficient (Wildman–Crippen LogP) is 3.99. The molecule has 1 atom stereocenters. The minimum absolute atomic E-state index is 0.0385. The van der Waals surface area contributed by atoms with Gasteiger partial charge in [-0.15, -0.1) is 0 Å². The highest BCUT2D eigenvalue weighted by atomic mass is 35.5. The minimum atomic E-state index is -4.30. The van der Waals surface area contributed by atoms with Gasteiger partial charge in [0.1, 0.15) is 0 Å². The highest BCUT2D eigenvalue weighted by Gasteiger charge is 2.42. The molecule has 0 saturated carbocycles. The molecule has 0 bridgehead atoms. The number of carbonyl (C=O) groups excluding carboxylic acids is 1. The summed E-state index contributed by atoms with van der Waals surface area (Å²) in [6.07, 6.45) is -3.95. The fourth-order valence-corrected chi connectivity index (χ4v) is 2.68. The second-order valence-corrected chi connectivity index (χ2v) is 5.78. The lowest BCUT2D eigenvalue weighted by Crippen LogP contribution is -2.44. The Morgan fingerprint density at radius 2 is 2.00 bits per heavy atom. The average Bonchev–Trinajstić information content (AvgIpc) is 2.42. The number of benzene rings is 1. The van der Waals surface area contributed by atoms with E-state index in [4.69, 9.17) is 28.9 Å². The summed E-state index contributed by atoms with van der Waals surface area (Å²) in [7, 11) is 0. The molecule has 1 aromatic carbocycles. The number of nitrogen functional groups attached to an aromatic ring is 1. The fourth-order valence-electron chi connectivity index (χ4n) is 2.35. The third-order valence-electron chi connectivity index (χ3n) is 3.47. The van der Waals surface area contributed by atoms with Gasteiger partial charge in [0.05, 0.1) is 21.7 Å². The van der Waals surface area contributed by atoms with Crippen LogP contribution in [0.1, 0.15) is 23.2 Å². The molecule has 1 fully saturated rings.